The van der Waals surface area contributed by atoms with E-state index in [9.17, 15) is 9.90 Å². The van der Waals surface area contributed by atoms with Crippen LogP contribution in [0.1, 0.15) is 43.9 Å². The minimum Gasteiger partial charge on any atom is -0.481 e. The van der Waals surface area contributed by atoms with Crippen LogP contribution in [0, 0.1) is 11.3 Å². The fraction of sp³-hybridized carbons (Fsp3) is 0.643. The Balaban J connectivity index is 2.14. The van der Waals surface area contributed by atoms with Gasteiger partial charge in [0.2, 0.25) is 0 Å². The predicted molar refractivity (Wildman–Crippen MR) is 75.4 cm³/mol. The molecule has 1 saturated carbocycles. The monoisotopic (exact) mass is 286 g/mol. The van der Waals surface area contributed by atoms with Crippen molar-refractivity contribution in [1.29, 1.82) is 0 Å². The van der Waals surface area contributed by atoms with Gasteiger partial charge >= 0.3 is 5.97 Å². The summed E-state index contributed by atoms with van der Waals surface area (Å²) in [6.07, 6.45) is 5.40. The fourth-order valence-electron chi connectivity index (χ4n) is 2.86. The van der Waals surface area contributed by atoms with E-state index in [1.807, 2.05) is 11.4 Å². The van der Waals surface area contributed by atoms with Gasteiger partial charge in [-0.3, -0.25) is 4.79 Å². The van der Waals surface area contributed by atoms with Gasteiger partial charge in [-0.25, -0.2) is 0 Å². The molecule has 0 aromatic carbocycles. The van der Waals surface area contributed by atoms with Crippen molar-refractivity contribution in [3.63, 3.8) is 0 Å². The topological polar surface area (TPSA) is 37.3 Å². The lowest BCUT2D eigenvalue weighted by molar-refractivity contribution is -0.151. The van der Waals surface area contributed by atoms with Crippen LogP contribution < -0.4 is 0 Å². The number of aliphatic carboxylic acids is 1. The minimum absolute atomic E-state index is 0.583. The maximum Gasteiger partial charge on any atom is 0.309 e. The zero-order valence-corrected chi connectivity index (χ0v) is 12.2. The van der Waals surface area contributed by atoms with Crippen LogP contribution in [0.5, 0.6) is 0 Å². The average molecular weight is 287 g/mol. The zero-order chi connectivity index (χ0) is 13.2. The van der Waals surface area contributed by atoms with Crippen molar-refractivity contribution in [3.8, 4) is 0 Å². The summed E-state index contributed by atoms with van der Waals surface area (Å²) in [6, 6.07) is 1.86. The third-order valence-electron chi connectivity index (χ3n) is 4.28. The molecule has 0 atom stereocenters. The molecule has 100 valence electrons. The Kier molecular flexibility index (Phi) is 4.33. The maximum atomic E-state index is 11.7. The molecule has 0 aliphatic heterocycles. The summed E-state index contributed by atoms with van der Waals surface area (Å²) in [4.78, 5) is 12.7. The Labute approximate surface area is 117 Å². The highest BCUT2D eigenvalue weighted by atomic mass is 35.5. The quantitative estimate of drug-likeness (QED) is 0.877. The second-order valence-electron chi connectivity index (χ2n) is 5.31. The molecule has 0 spiro atoms. The Hall–Kier alpha value is -0.540. The number of halogens is 1. The van der Waals surface area contributed by atoms with Crippen LogP contribution in [0.15, 0.2) is 11.4 Å². The third kappa shape index (κ3) is 2.72. The van der Waals surface area contributed by atoms with Crippen LogP contribution in [0.25, 0.3) is 0 Å². The van der Waals surface area contributed by atoms with E-state index < -0.39 is 11.4 Å². The van der Waals surface area contributed by atoms with Crippen molar-refractivity contribution in [2.75, 3.05) is 0 Å². The summed E-state index contributed by atoms with van der Waals surface area (Å²) < 4.78 is 0. The highest BCUT2D eigenvalue weighted by Crippen LogP contribution is 2.44. The Bertz CT molecular complexity index is 419. The van der Waals surface area contributed by atoms with E-state index in [0.717, 1.165) is 42.0 Å². The largest absolute Gasteiger partial charge is 0.481 e. The second-order valence-corrected chi connectivity index (χ2v) is 6.71. The van der Waals surface area contributed by atoms with Gasteiger partial charge in [0.25, 0.3) is 0 Å². The molecular formula is C14H19ClO2S. The van der Waals surface area contributed by atoms with E-state index in [1.54, 1.807) is 11.3 Å². The SMILES string of the molecule is CCC1CCC(Cc2sccc2Cl)(C(=O)O)CC1. The van der Waals surface area contributed by atoms with Crippen molar-refractivity contribution in [2.45, 2.75) is 45.4 Å². The molecule has 0 bridgehead atoms. The van der Waals surface area contributed by atoms with Gasteiger partial charge in [-0.05, 0) is 49.5 Å². The minimum atomic E-state index is -0.651. The number of thiophene rings is 1. The third-order valence-corrected chi connectivity index (χ3v) is 5.67. The van der Waals surface area contributed by atoms with E-state index in [4.69, 9.17) is 11.6 Å². The van der Waals surface area contributed by atoms with Gasteiger partial charge in [0, 0.05) is 4.88 Å². The predicted octanol–water partition coefficient (Wildman–Crippen LogP) is 4.62. The molecule has 1 fully saturated rings. The number of hydrogen-bond donors (Lipinski definition) is 1. The van der Waals surface area contributed by atoms with E-state index >= 15 is 0 Å². The molecule has 1 aliphatic rings. The zero-order valence-electron chi connectivity index (χ0n) is 10.6. The molecule has 1 aromatic heterocycles. The molecule has 4 heteroatoms. The smallest absolute Gasteiger partial charge is 0.309 e. The molecule has 1 N–H and O–H groups in total. The highest BCUT2D eigenvalue weighted by Gasteiger charge is 2.42. The summed E-state index contributed by atoms with van der Waals surface area (Å²) in [5.41, 5.74) is -0.583. The molecule has 1 aliphatic carbocycles. The van der Waals surface area contributed by atoms with E-state index in [2.05, 4.69) is 6.92 Å². The number of rotatable bonds is 4. The van der Waals surface area contributed by atoms with Crippen molar-refractivity contribution >= 4 is 28.9 Å². The van der Waals surface area contributed by atoms with Gasteiger partial charge in [0.15, 0.2) is 0 Å². The molecule has 2 nitrogen and oxygen atoms in total. The molecule has 0 unspecified atom stereocenters. The molecule has 0 radical (unpaired) electrons. The number of carboxylic acids is 1. The molecule has 18 heavy (non-hydrogen) atoms. The fourth-order valence-corrected chi connectivity index (χ4v) is 4.11. The summed E-state index contributed by atoms with van der Waals surface area (Å²) in [6.45, 7) is 2.19. The summed E-state index contributed by atoms with van der Waals surface area (Å²) >= 11 is 7.67. The lowest BCUT2D eigenvalue weighted by atomic mass is 9.68. The van der Waals surface area contributed by atoms with Crippen LogP contribution in [-0.2, 0) is 11.2 Å². The summed E-state index contributed by atoms with van der Waals surface area (Å²) in [5, 5.41) is 12.3. The van der Waals surface area contributed by atoms with Gasteiger partial charge in [-0.1, -0.05) is 24.9 Å². The molecule has 0 amide bonds. The first-order chi connectivity index (χ1) is 8.57. The van der Waals surface area contributed by atoms with Crippen molar-refractivity contribution in [3.05, 3.63) is 21.3 Å². The van der Waals surface area contributed by atoms with Crippen LogP contribution in [0.4, 0.5) is 0 Å². The number of hydrogen-bond acceptors (Lipinski definition) is 2. The van der Waals surface area contributed by atoms with Crippen LogP contribution in [-0.4, -0.2) is 11.1 Å². The highest BCUT2D eigenvalue weighted by molar-refractivity contribution is 7.10. The van der Waals surface area contributed by atoms with Gasteiger partial charge in [-0.2, -0.15) is 0 Å². The standard InChI is InChI=1S/C14H19ClO2S/c1-2-10-3-6-14(7-4-10,13(16)17)9-12-11(15)5-8-18-12/h5,8,10H,2-4,6-7,9H2,1H3,(H,16,17). The van der Waals surface area contributed by atoms with Crippen LogP contribution >= 0.6 is 22.9 Å². The first-order valence-corrected chi connectivity index (χ1v) is 7.78. The van der Waals surface area contributed by atoms with Crippen LogP contribution in [0.2, 0.25) is 5.02 Å². The average Bonchev–Trinajstić information content (AvgIpc) is 2.75. The first kappa shape index (κ1) is 13.9. The van der Waals surface area contributed by atoms with Crippen molar-refractivity contribution < 1.29 is 9.90 Å². The van der Waals surface area contributed by atoms with Gasteiger partial charge in [0.1, 0.15) is 0 Å². The molecular weight excluding hydrogens is 268 g/mol. The van der Waals surface area contributed by atoms with Gasteiger partial charge < -0.3 is 5.11 Å². The number of carbonyl (C=O) groups is 1. The summed E-state index contributed by atoms with van der Waals surface area (Å²) in [7, 11) is 0. The molecule has 0 saturated heterocycles. The lowest BCUT2D eigenvalue weighted by Crippen LogP contribution is -2.37. The van der Waals surface area contributed by atoms with Gasteiger partial charge in [0.05, 0.1) is 10.4 Å². The Morgan fingerprint density at radius 1 is 1.56 bits per heavy atom. The second kappa shape index (κ2) is 5.62. The maximum absolute atomic E-state index is 11.7. The number of carboxylic acid groups (broad SMARTS) is 1. The van der Waals surface area contributed by atoms with Crippen molar-refractivity contribution in [1.82, 2.24) is 0 Å². The lowest BCUT2D eigenvalue weighted by Gasteiger charge is -2.36. The molecule has 1 aromatic rings. The Morgan fingerprint density at radius 2 is 2.22 bits per heavy atom. The molecule has 1 heterocycles. The summed E-state index contributed by atoms with van der Waals surface area (Å²) in [5.74, 6) is 0.0535. The Morgan fingerprint density at radius 3 is 2.67 bits per heavy atom. The normalized spacial score (nSPS) is 28.2. The van der Waals surface area contributed by atoms with E-state index in [-0.39, 0.29) is 0 Å². The van der Waals surface area contributed by atoms with Crippen molar-refractivity contribution in [2.24, 2.45) is 11.3 Å². The van der Waals surface area contributed by atoms with Gasteiger partial charge in [-0.15, -0.1) is 11.3 Å². The first-order valence-electron chi connectivity index (χ1n) is 6.52. The van der Waals surface area contributed by atoms with E-state index in [0.29, 0.717) is 12.3 Å². The van der Waals surface area contributed by atoms with E-state index in [1.165, 1.54) is 0 Å². The van der Waals surface area contributed by atoms with Crippen LogP contribution in [0.3, 0.4) is 0 Å². The molecule has 2 rings (SSSR count).